The van der Waals surface area contributed by atoms with E-state index in [1.165, 1.54) is 22.8 Å². The van der Waals surface area contributed by atoms with Gasteiger partial charge in [-0.3, -0.25) is 9.55 Å². The standard InChI is InChI=1S/C62H68N3O.Pt/c1-37(2)44-28-45(38(3)4)30-46(29-44)42-23-24-55(40(6)27-42)65-56-18-16-17-51(57(56)64-59(65)52-35-50(61(10,11)12)36-53(58(52)66)62(13,14)15)47-31-48(33-49(32-47)60(7,8)9)54-34-43(25-26-63-54)41-21-19-39(5)20-22-41;/h16-30,32-38,66H,1-15H3;/q-1;/i6D3,10D3,11D3,12D3,13D3,14D3,15D3,37D;. The van der Waals surface area contributed by atoms with Crippen LogP contribution in [0.2, 0.25) is 0 Å². The summed E-state index contributed by atoms with van der Waals surface area (Å²) in [6.07, 6.45) is 1.66. The van der Waals surface area contributed by atoms with Gasteiger partial charge in [0, 0.05) is 68.7 Å². The molecule has 2 heterocycles. The largest absolute Gasteiger partial charge is 0.507 e. The Kier molecular flexibility index (Phi) is 7.74. The maximum atomic E-state index is 13.1. The first-order chi connectivity index (χ1) is 40.0. The predicted molar refractivity (Wildman–Crippen MR) is 280 cm³/mol. The predicted octanol–water partition coefficient (Wildman–Crippen LogP) is 17.0. The van der Waals surface area contributed by atoms with Gasteiger partial charge in [-0.15, -0.1) is 29.3 Å². The van der Waals surface area contributed by atoms with Gasteiger partial charge in [-0.2, -0.15) is 0 Å². The molecule has 6 aromatic carbocycles. The molecule has 67 heavy (non-hydrogen) atoms. The molecule has 0 bridgehead atoms. The van der Waals surface area contributed by atoms with E-state index in [2.05, 4.69) is 6.07 Å². The van der Waals surface area contributed by atoms with Crippen LogP contribution >= 0.6 is 0 Å². The molecule has 0 saturated carbocycles. The number of para-hydroxylation sites is 1. The SMILES string of the molecule is [2H]C([2H])([2H])c1cc(-c2cc(C(C)C)cc(C([2H])(C)C)c2)ccc1-n1c(-c2cc(C(C([2H])([2H])[2H])(C([2H])([2H])[2H])C([2H])([2H])[2H])cc(C(C([2H])([2H])[2H])(C([2H])([2H])[2H])C([2H])([2H])[2H])c2O)nc2c(-c3[c-]c(-c4cc(-c5ccc(C)cc5)ccn4)cc(C(C)(C)C)c3)cccc21.[Pt]. The second-order valence-corrected chi connectivity index (χ2v) is 18.8. The molecule has 0 fully saturated rings. The van der Waals surface area contributed by atoms with E-state index in [0.29, 0.717) is 39.6 Å². The van der Waals surface area contributed by atoms with Crippen molar-refractivity contribution in [3.05, 3.63) is 166 Å². The smallest absolute Gasteiger partial charge is 0.148 e. The number of rotatable bonds is 8. The second-order valence-electron chi connectivity index (χ2n) is 18.8. The van der Waals surface area contributed by atoms with Gasteiger partial charge in [0.15, 0.2) is 0 Å². The molecule has 2 aromatic heterocycles. The van der Waals surface area contributed by atoms with Gasteiger partial charge < -0.3 is 5.11 Å². The van der Waals surface area contributed by atoms with E-state index in [1.807, 2.05) is 102 Å². The summed E-state index contributed by atoms with van der Waals surface area (Å²) in [7, 11) is 0. The normalized spacial score (nSPS) is 18.6. The number of aryl methyl sites for hydroxylation is 2. The molecule has 348 valence electrons. The molecule has 5 heteroatoms. The van der Waals surface area contributed by atoms with Gasteiger partial charge >= 0.3 is 0 Å². The summed E-state index contributed by atoms with van der Waals surface area (Å²) in [4.78, 5) is 9.81. The van der Waals surface area contributed by atoms with Crippen LogP contribution in [0.25, 0.3) is 72.7 Å². The summed E-state index contributed by atoms with van der Waals surface area (Å²) in [6, 6.07) is 34.4. The van der Waals surface area contributed by atoms with Gasteiger partial charge in [0.05, 0.1) is 22.3 Å². The third-order valence-corrected chi connectivity index (χ3v) is 12.1. The van der Waals surface area contributed by atoms with Crippen molar-refractivity contribution in [2.24, 2.45) is 0 Å². The van der Waals surface area contributed by atoms with E-state index in [4.69, 9.17) is 36.0 Å². The van der Waals surface area contributed by atoms with Crippen LogP contribution < -0.4 is 0 Å². The molecule has 0 aliphatic rings. The number of imidazole rings is 1. The Morgan fingerprint density at radius 3 is 2.00 bits per heavy atom. The van der Waals surface area contributed by atoms with Crippen LogP contribution in [0.4, 0.5) is 0 Å². The van der Waals surface area contributed by atoms with Gasteiger partial charge in [-0.25, -0.2) is 4.98 Å². The van der Waals surface area contributed by atoms with Crippen LogP contribution in [0.5, 0.6) is 5.75 Å². The molecule has 1 N–H and O–H groups in total. The second kappa shape index (κ2) is 18.5. The fraction of sp³-hybridized carbons (Fsp3) is 0.323. The Labute approximate surface area is 446 Å². The number of nitrogens with zero attached hydrogens (tertiary/aromatic N) is 3. The molecule has 0 aliphatic heterocycles. The molecule has 8 rings (SSSR count). The number of phenolic OH excluding ortho intramolecular Hbond substituents is 1. The first-order valence-corrected chi connectivity index (χ1v) is 21.8. The third-order valence-electron chi connectivity index (χ3n) is 12.1. The quantitative estimate of drug-likeness (QED) is 0.154. The average Bonchev–Trinajstić information content (AvgIpc) is 1.60. The molecular formula is C62H68N3OPt-. The topological polar surface area (TPSA) is 50.9 Å². The number of aromatic nitrogens is 3. The monoisotopic (exact) mass is 1090 g/mol. The van der Waals surface area contributed by atoms with Gasteiger partial charge in [-0.1, -0.05) is 179 Å². The zero-order valence-electron chi connectivity index (χ0n) is 60.7. The number of benzene rings is 6. The van der Waals surface area contributed by atoms with E-state index < -0.39 is 104 Å². The van der Waals surface area contributed by atoms with Crippen molar-refractivity contribution in [3.8, 4) is 67.5 Å². The zero-order chi connectivity index (χ0) is 66.0. The molecule has 0 saturated heterocycles. The molecular weight excluding hydrogens is 998 g/mol. The number of fused-ring (bicyclic) bond motifs is 1. The summed E-state index contributed by atoms with van der Waals surface area (Å²) in [5, 5.41) is 13.1. The minimum atomic E-state index is -4.25. The van der Waals surface area contributed by atoms with Crippen molar-refractivity contribution >= 4 is 11.0 Å². The van der Waals surface area contributed by atoms with Crippen LogP contribution in [-0.4, -0.2) is 19.6 Å². The minimum Gasteiger partial charge on any atom is -0.507 e. The maximum Gasteiger partial charge on any atom is 0.148 e. The van der Waals surface area contributed by atoms with Gasteiger partial charge in [0.2, 0.25) is 0 Å². The van der Waals surface area contributed by atoms with Crippen LogP contribution in [0.3, 0.4) is 0 Å². The summed E-state index contributed by atoms with van der Waals surface area (Å²) >= 11 is 0. The van der Waals surface area contributed by atoms with Crippen LogP contribution in [-0.2, 0) is 37.3 Å². The van der Waals surface area contributed by atoms with Crippen molar-refractivity contribution in [1.29, 1.82) is 0 Å². The van der Waals surface area contributed by atoms with E-state index in [-0.39, 0.29) is 55.3 Å². The summed E-state index contributed by atoms with van der Waals surface area (Å²) < 4.78 is 196. The van der Waals surface area contributed by atoms with Gasteiger partial charge in [0.25, 0.3) is 0 Å². The summed E-state index contributed by atoms with van der Waals surface area (Å²) in [5.74, 6) is -3.33. The molecule has 0 spiro atoms. The van der Waals surface area contributed by atoms with Gasteiger partial charge in [0.1, 0.15) is 11.6 Å². The Morgan fingerprint density at radius 1 is 0.657 bits per heavy atom. The third kappa shape index (κ3) is 10.0. The molecule has 8 aromatic rings. The molecule has 0 amide bonds. The van der Waals surface area contributed by atoms with Crippen molar-refractivity contribution in [1.82, 2.24) is 14.5 Å². The zero-order valence-corrected chi connectivity index (χ0v) is 41.0. The number of aromatic hydroxyl groups is 1. The van der Waals surface area contributed by atoms with Crippen molar-refractivity contribution in [2.45, 2.75) is 131 Å². The maximum absolute atomic E-state index is 13.1. The number of pyridine rings is 1. The summed E-state index contributed by atoms with van der Waals surface area (Å²) in [6.45, 7) is -12.9. The average molecular weight is 1090 g/mol. The van der Waals surface area contributed by atoms with Crippen molar-refractivity contribution in [3.63, 3.8) is 0 Å². The first kappa shape index (κ1) is 28.0. The fourth-order valence-corrected chi connectivity index (χ4v) is 8.19. The molecule has 0 unspecified atom stereocenters. The Morgan fingerprint density at radius 2 is 1.33 bits per heavy atom. The first-order valence-electron chi connectivity index (χ1n) is 32.8. The van der Waals surface area contributed by atoms with Crippen molar-refractivity contribution < 1.29 is 56.3 Å². The molecule has 0 aliphatic carbocycles. The van der Waals surface area contributed by atoms with Crippen molar-refractivity contribution in [2.75, 3.05) is 0 Å². The number of hydrogen-bond donors (Lipinski definition) is 1. The van der Waals surface area contributed by atoms with E-state index in [1.54, 1.807) is 44.3 Å². The molecule has 4 nitrogen and oxygen atoms in total. The minimum absolute atomic E-state index is 0. The van der Waals surface area contributed by atoms with Gasteiger partial charge in [-0.05, 0) is 117 Å². The molecule has 0 atom stereocenters. The van der Waals surface area contributed by atoms with E-state index in [0.717, 1.165) is 27.8 Å². The summed E-state index contributed by atoms with van der Waals surface area (Å²) in [5.41, 5.74) is -5.90. The Balaban J connectivity index is 0.0000113. The number of hydrogen-bond acceptors (Lipinski definition) is 3. The Bertz CT molecular complexity index is 3890. The van der Waals surface area contributed by atoms with E-state index in [9.17, 15) is 9.22 Å². The fourth-order valence-electron chi connectivity index (χ4n) is 8.19. The molecule has 0 radical (unpaired) electrons. The van der Waals surface area contributed by atoms with Crippen LogP contribution in [0.15, 0.2) is 121 Å². The van der Waals surface area contributed by atoms with Crippen LogP contribution in [0, 0.1) is 19.8 Å². The van der Waals surface area contributed by atoms with Crippen LogP contribution in [0.1, 0.15) is 170 Å². The number of phenols is 1. The Hall–Kier alpha value is -5.57. The van der Waals surface area contributed by atoms with E-state index >= 15 is 0 Å².